The fourth-order valence-electron chi connectivity index (χ4n) is 4.45. The van der Waals surface area contributed by atoms with Gasteiger partial charge in [0, 0.05) is 56.9 Å². The average molecular weight is 461 g/mol. The number of likely N-dealkylation sites (tertiary alicyclic amines) is 1. The Morgan fingerprint density at radius 2 is 1.85 bits per heavy atom. The smallest absolute Gasteiger partial charge is 0.317 e. The molecule has 2 N–H and O–H groups in total. The first-order chi connectivity index (χ1) is 16.1. The molecule has 0 radical (unpaired) electrons. The predicted molar refractivity (Wildman–Crippen MR) is 129 cm³/mol. The molecule has 0 saturated carbocycles. The SMILES string of the molecule is CCN(CC)CCCNC(=O)C1CCN(C(=O)NCc2cccnc2N2CCOCC2)CC1. The zero-order chi connectivity index (χ0) is 23.5. The van der Waals surface area contributed by atoms with Crippen molar-refractivity contribution >= 4 is 17.8 Å². The van der Waals surface area contributed by atoms with E-state index in [4.69, 9.17) is 4.74 Å². The predicted octanol–water partition coefficient (Wildman–Crippen LogP) is 1.69. The van der Waals surface area contributed by atoms with Crippen molar-refractivity contribution < 1.29 is 14.3 Å². The molecule has 9 nitrogen and oxygen atoms in total. The number of rotatable bonds is 10. The van der Waals surface area contributed by atoms with Gasteiger partial charge in [-0.3, -0.25) is 4.79 Å². The van der Waals surface area contributed by atoms with Gasteiger partial charge in [-0.15, -0.1) is 0 Å². The van der Waals surface area contributed by atoms with Crippen LogP contribution in [0.4, 0.5) is 10.6 Å². The summed E-state index contributed by atoms with van der Waals surface area (Å²) in [4.78, 5) is 36.1. The molecule has 1 aromatic rings. The maximum atomic E-state index is 12.7. The molecular weight excluding hydrogens is 420 g/mol. The van der Waals surface area contributed by atoms with E-state index in [2.05, 4.69) is 39.3 Å². The van der Waals surface area contributed by atoms with Crippen LogP contribution in [-0.4, -0.2) is 92.3 Å². The summed E-state index contributed by atoms with van der Waals surface area (Å²) in [6.45, 7) is 12.8. The Bertz CT molecular complexity index is 743. The van der Waals surface area contributed by atoms with Crippen LogP contribution in [0.15, 0.2) is 18.3 Å². The second-order valence-corrected chi connectivity index (χ2v) is 8.68. The van der Waals surface area contributed by atoms with Gasteiger partial charge in [0.15, 0.2) is 0 Å². The van der Waals surface area contributed by atoms with Gasteiger partial charge in [-0.05, 0) is 45.0 Å². The Morgan fingerprint density at radius 3 is 2.55 bits per heavy atom. The molecule has 9 heteroatoms. The molecule has 2 aliphatic heterocycles. The van der Waals surface area contributed by atoms with Crippen LogP contribution in [0.2, 0.25) is 0 Å². The van der Waals surface area contributed by atoms with Crippen molar-refractivity contribution in [3.8, 4) is 0 Å². The summed E-state index contributed by atoms with van der Waals surface area (Å²) in [6.07, 6.45) is 4.17. The molecule has 0 aromatic carbocycles. The Balaban J connectivity index is 1.38. The summed E-state index contributed by atoms with van der Waals surface area (Å²) in [5, 5.41) is 6.12. The van der Waals surface area contributed by atoms with Crippen molar-refractivity contribution in [2.24, 2.45) is 5.92 Å². The molecule has 184 valence electrons. The third-order valence-electron chi connectivity index (χ3n) is 6.61. The third-order valence-corrected chi connectivity index (χ3v) is 6.61. The Labute approximate surface area is 197 Å². The highest BCUT2D eigenvalue weighted by Gasteiger charge is 2.27. The van der Waals surface area contributed by atoms with Crippen molar-refractivity contribution in [3.63, 3.8) is 0 Å². The number of pyridine rings is 1. The maximum Gasteiger partial charge on any atom is 0.317 e. The number of aromatic nitrogens is 1. The molecule has 0 bridgehead atoms. The standard InChI is InChI=1S/C24H40N6O3/c1-3-28(4-2)12-6-11-26-23(31)20-8-13-30(14-9-20)24(32)27-19-21-7-5-10-25-22(21)29-15-17-33-18-16-29/h5,7,10,20H,3-4,6,8-9,11-19H2,1-2H3,(H,26,31)(H,27,32). The topological polar surface area (TPSA) is 90.0 Å². The minimum absolute atomic E-state index is 0.00579. The highest BCUT2D eigenvalue weighted by atomic mass is 16.5. The molecule has 1 aromatic heterocycles. The molecular formula is C24H40N6O3. The number of carbonyl (C=O) groups excluding carboxylic acids is 2. The van der Waals surface area contributed by atoms with Gasteiger partial charge >= 0.3 is 6.03 Å². The molecule has 3 heterocycles. The molecule has 2 saturated heterocycles. The molecule has 2 aliphatic rings. The summed E-state index contributed by atoms with van der Waals surface area (Å²) in [7, 11) is 0. The van der Waals surface area contributed by atoms with Gasteiger partial charge in [-0.1, -0.05) is 19.9 Å². The van der Waals surface area contributed by atoms with Gasteiger partial charge in [0.05, 0.1) is 13.2 Å². The molecule has 33 heavy (non-hydrogen) atoms. The first-order valence-electron chi connectivity index (χ1n) is 12.4. The summed E-state index contributed by atoms with van der Waals surface area (Å²) < 4.78 is 5.43. The van der Waals surface area contributed by atoms with Crippen LogP contribution in [0, 0.1) is 5.92 Å². The minimum atomic E-state index is -0.0788. The first-order valence-corrected chi connectivity index (χ1v) is 12.4. The van der Waals surface area contributed by atoms with Crippen LogP contribution in [-0.2, 0) is 16.1 Å². The second-order valence-electron chi connectivity index (χ2n) is 8.68. The number of morpholine rings is 1. The van der Waals surface area contributed by atoms with E-state index in [1.165, 1.54) is 0 Å². The van der Waals surface area contributed by atoms with E-state index in [9.17, 15) is 9.59 Å². The van der Waals surface area contributed by atoms with Crippen LogP contribution >= 0.6 is 0 Å². The second kappa shape index (κ2) is 13.3. The lowest BCUT2D eigenvalue weighted by Crippen LogP contribution is -2.47. The Hall–Kier alpha value is -2.39. The van der Waals surface area contributed by atoms with Gasteiger partial charge < -0.3 is 30.1 Å². The van der Waals surface area contributed by atoms with Gasteiger partial charge in [0.2, 0.25) is 5.91 Å². The zero-order valence-electron chi connectivity index (χ0n) is 20.2. The van der Waals surface area contributed by atoms with Gasteiger partial charge in [-0.25, -0.2) is 9.78 Å². The molecule has 0 spiro atoms. The highest BCUT2D eigenvalue weighted by Crippen LogP contribution is 2.20. The first kappa shape index (κ1) is 25.2. The molecule has 0 unspecified atom stereocenters. The fraction of sp³-hybridized carbons (Fsp3) is 0.708. The number of urea groups is 1. The Morgan fingerprint density at radius 1 is 1.12 bits per heavy atom. The molecule has 0 aliphatic carbocycles. The van der Waals surface area contributed by atoms with E-state index >= 15 is 0 Å². The number of amides is 3. The van der Waals surface area contributed by atoms with E-state index in [-0.39, 0.29) is 17.9 Å². The third kappa shape index (κ3) is 7.57. The summed E-state index contributed by atoms with van der Waals surface area (Å²) in [6, 6.07) is 3.83. The van der Waals surface area contributed by atoms with Crippen LogP contribution in [0.1, 0.15) is 38.7 Å². The minimum Gasteiger partial charge on any atom is -0.378 e. The lowest BCUT2D eigenvalue weighted by molar-refractivity contribution is -0.126. The number of carbonyl (C=O) groups is 2. The van der Waals surface area contributed by atoms with Crippen molar-refractivity contribution in [2.75, 3.05) is 70.5 Å². The van der Waals surface area contributed by atoms with E-state index in [1.807, 2.05) is 17.0 Å². The lowest BCUT2D eigenvalue weighted by Gasteiger charge is -2.32. The molecule has 3 amide bonds. The highest BCUT2D eigenvalue weighted by molar-refractivity contribution is 5.79. The fourth-order valence-corrected chi connectivity index (χ4v) is 4.45. The van der Waals surface area contributed by atoms with E-state index < -0.39 is 0 Å². The van der Waals surface area contributed by atoms with Crippen molar-refractivity contribution in [2.45, 2.75) is 39.7 Å². The molecule has 3 rings (SSSR count). The molecule has 0 atom stereocenters. The van der Waals surface area contributed by atoms with E-state index in [0.717, 1.165) is 50.5 Å². The van der Waals surface area contributed by atoms with Crippen LogP contribution in [0.25, 0.3) is 0 Å². The summed E-state index contributed by atoms with van der Waals surface area (Å²) in [5.74, 6) is 1.03. The number of hydrogen-bond acceptors (Lipinski definition) is 6. The number of piperidine rings is 1. The quantitative estimate of drug-likeness (QED) is 0.517. The van der Waals surface area contributed by atoms with E-state index in [1.54, 1.807) is 6.20 Å². The van der Waals surface area contributed by atoms with Gasteiger partial charge in [0.25, 0.3) is 0 Å². The van der Waals surface area contributed by atoms with Crippen LogP contribution < -0.4 is 15.5 Å². The summed E-state index contributed by atoms with van der Waals surface area (Å²) in [5.41, 5.74) is 1.01. The average Bonchev–Trinajstić information content (AvgIpc) is 2.88. The van der Waals surface area contributed by atoms with Crippen molar-refractivity contribution in [1.29, 1.82) is 0 Å². The van der Waals surface area contributed by atoms with Gasteiger partial charge in [0.1, 0.15) is 5.82 Å². The number of nitrogens with one attached hydrogen (secondary N) is 2. The van der Waals surface area contributed by atoms with Crippen molar-refractivity contribution in [3.05, 3.63) is 23.9 Å². The monoisotopic (exact) mass is 460 g/mol. The summed E-state index contributed by atoms with van der Waals surface area (Å²) >= 11 is 0. The largest absolute Gasteiger partial charge is 0.378 e. The van der Waals surface area contributed by atoms with Crippen LogP contribution in [0.3, 0.4) is 0 Å². The van der Waals surface area contributed by atoms with Crippen molar-refractivity contribution in [1.82, 2.24) is 25.4 Å². The normalized spacial score (nSPS) is 17.3. The number of nitrogens with zero attached hydrogens (tertiary/aromatic N) is 4. The maximum absolute atomic E-state index is 12.7. The van der Waals surface area contributed by atoms with Gasteiger partial charge in [-0.2, -0.15) is 0 Å². The Kier molecular flexibility index (Phi) is 10.2. The number of ether oxygens (including phenoxy) is 1. The number of hydrogen-bond donors (Lipinski definition) is 2. The van der Waals surface area contributed by atoms with E-state index in [0.29, 0.717) is 52.2 Å². The zero-order valence-corrected chi connectivity index (χ0v) is 20.2. The lowest BCUT2D eigenvalue weighted by atomic mass is 9.96. The number of anilines is 1. The molecule has 2 fully saturated rings. The van der Waals surface area contributed by atoms with Crippen LogP contribution in [0.5, 0.6) is 0 Å².